The van der Waals surface area contributed by atoms with E-state index in [1.54, 1.807) is 16.7 Å². The van der Waals surface area contributed by atoms with Crippen LogP contribution in [0.3, 0.4) is 0 Å². The van der Waals surface area contributed by atoms with Gasteiger partial charge in [0, 0.05) is 23.7 Å². The van der Waals surface area contributed by atoms with E-state index in [1.165, 1.54) is 0 Å². The Morgan fingerprint density at radius 3 is 3.00 bits per heavy atom. The normalized spacial score (nSPS) is 24.4. The van der Waals surface area contributed by atoms with Gasteiger partial charge in [0.05, 0.1) is 24.9 Å². The van der Waals surface area contributed by atoms with Gasteiger partial charge < -0.3 is 9.15 Å². The van der Waals surface area contributed by atoms with E-state index in [4.69, 9.17) is 20.8 Å². The number of ether oxygens (including phenoxy) is 1. The van der Waals surface area contributed by atoms with Crippen LogP contribution < -0.4 is 5.76 Å². The number of halogens is 1. The van der Waals surface area contributed by atoms with Crippen LogP contribution in [0.2, 0.25) is 5.02 Å². The number of aromatic nitrogens is 1. The predicted octanol–water partition coefficient (Wildman–Crippen LogP) is 2.31. The highest BCUT2D eigenvalue weighted by atomic mass is 35.5. The monoisotopic (exact) mass is 296 g/mol. The minimum Gasteiger partial charge on any atom is -0.408 e. The first-order valence-electron chi connectivity index (χ1n) is 6.69. The van der Waals surface area contributed by atoms with Gasteiger partial charge in [-0.3, -0.25) is 9.47 Å². The van der Waals surface area contributed by atoms with Crippen molar-refractivity contribution in [3.05, 3.63) is 33.8 Å². The zero-order chi connectivity index (χ0) is 14.3. The molecule has 2 aromatic rings. The first kappa shape index (κ1) is 13.7. The van der Waals surface area contributed by atoms with Crippen LogP contribution in [-0.4, -0.2) is 34.8 Å². The molecule has 1 aromatic carbocycles. The molecular formula is C14H17ClN2O3. The fourth-order valence-electron chi connectivity index (χ4n) is 2.52. The van der Waals surface area contributed by atoms with Gasteiger partial charge in [0.15, 0.2) is 5.58 Å². The van der Waals surface area contributed by atoms with Gasteiger partial charge in [-0.25, -0.2) is 4.79 Å². The molecule has 2 unspecified atom stereocenters. The fraction of sp³-hybridized carbons (Fsp3) is 0.500. The molecular weight excluding hydrogens is 280 g/mol. The second-order valence-corrected chi connectivity index (χ2v) is 5.75. The van der Waals surface area contributed by atoms with E-state index in [0.717, 1.165) is 12.1 Å². The van der Waals surface area contributed by atoms with E-state index in [2.05, 4.69) is 11.8 Å². The molecule has 0 amide bonds. The number of hydrogen-bond acceptors (Lipinski definition) is 4. The van der Waals surface area contributed by atoms with Crippen LogP contribution in [0.25, 0.3) is 11.1 Å². The van der Waals surface area contributed by atoms with Crippen molar-refractivity contribution in [3.63, 3.8) is 0 Å². The highest BCUT2D eigenvalue weighted by Gasteiger charge is 2.24. The molecule has 5 nitrogen and oxygen atoms in total. The summed E-state index contributed by atoms with van der Waals surface area (Å²) in [5.74, 6) is -0.353. The van der Waals surface area contributed by atoms with E-state index < -0.39 is 0 Å². The molecule has 2 heterocycles. The lowest BCUT2D eigenvalue weighted by Crippen LogP contribution is -2.48. The SMILES string of the molecule is CC1CN(Cn2c(=O)oc3cc(Cl)ccc32)C(C)CO1. The number of hydrogen-bond donors (Lipinski definition) is 0. The van der Waals surface area contributed by atoms with Gasteiger partial charge >= 0.3 is 5.76 Å². The molecule has 0 bridgehead atoms. The molecule has 2 atom stereocenters. The lowest BCUT2D eigenvalue weighted by molar-refractivity contribution is -0.0610. The van der Waals surface area contributed by atoms with Crippen LogP contribution >= 0.6 is 11.6 Å². The van der Waals surface area contributed by atoms with E-state index in [9.17, 15) is 4.79 Å². The Morgan fingerprint density at radius 2 is 2.20 bits per heavy atom. The van der Waals surface area contributed by atoms with Gasteiger partial charge in [0.2, 0.25) is 0 Å². The molecule has 0 spiro atoms. The van der Waals surface area contributed by atoms with Crippen molar-refractivity contribution in [2.24, 2.45) is 0 Å². The Bertz CT molecular complexity index is 679. The predicted molar refractivity (Wildman–Crippen MR) is 77.1 cm³/mol. The molecule has 0 radical (unpaired) electrons. The molecule has 1 aliphatic rings. The quantitative estimate of drug-likeness (QED) is 0.853. The van der Waals surface area contributed by atoms with E-state index >= 15 is 0 Å². The second kappa shape index (κ2) is 5.24. The lowest BCUT2D eigenvalue weighted by atomic mass is 10.2. The summed E-state index contributed by atoms with van der Waals surface area (Å²) >= 11 is 5.92. The third kappa shape index (κ3) is 2.49. The van der Waals surface area contributed by atoms with Crippen molar-refractivity contribution in [1.29, 1.82) is 0 Å². The van der Waals surface area contributed by atoms with Crippen molar-refractivity contribution in [2.45, 2.75) is 32.7 Å². The van der Waals surface area contributed by atoms with Crippen LogP contribution in [-0.2, 0) is 11.4 Å². The number of oxazole rings is 1. The van der Waals surface area contributed by atoms with Gasteiger partial charge in [-0.1, -0.05) is 11.6 Å². The molecule has 0 aliphatic carbocycles. The van der Waals surface area contributed by atoms with Gasteiger partial charge in [-0.05, 0) is 26.0 Å². The van der Waals surface area contributed by atoms with Crippen LogP contribution in [0, 0.1) is 0 Å². The van der Waals surface area contributed by atoms with Gasteiger partial charge in [-0.2, -0.15) is 0 Å². The van der Waals surface area contributed by atoms with Crippen molar-refractivity contribution in [3.8, 4) is 0 Å². The molecule has 108 valence electrons. The number of morpholine rings is 1. The minimum absolute atomic E-state index is 0.175. The van der Waals surface area contributed by atoms with E-state index in [0.29, 0.717) is 23.9 Å². The third-order valence-electron chi connectivity index (χ3n) is 3.69. The maximum absolute atomic E-state index is 12.0. The number of rotatable bonds is 2. The fourth-order valence-corrected chi connectivity index (χ4v) is 2.69. The second-order valence-electron chi connectivity index (χ2n) is 5.31. The molecule has 3 rings (SSSR count). The van der Waals surface area contributed by atoms with Crippen molar-refractivity contribution in [2.75, 3.05) is 13.2 Å². The Morgan fingerprint density at radius 1 is 1.40 bits per heavy atom. The van der Waals surface area contributed by atoms with Gasteiger partial charge in [0.1, 0.15) is 0 Å². The molecule has 6 heteroatoms. The highest BCUT2D eigenvalue weighted by molar-refractivity contribution is 6.31. The summed E-state index contributed by atoms with van der Waals surface area (Å²) in [5, 5.41) is 0.562. The van der Waals surface area contributed by atoms with Gasteiger partial charge in [0.25, 0.3) is 0 Å². The molecule has 1 aromatic heterocycles. The third-order valence-corrected chi connectivity index (χ3v) is 3.93. The summed E-state index contributed by atoms with van der Waals surface area (Å²) in [6, 6.07) is 5.52. The molecule has 0 N–H and O–H groups in total. The van der Waals surface area contributed by atoms with Gasteiger partial charge in [-0.15, -0.1) is 0 Å². The van der Waals surface area contributed by atoms with Crippen molar-refractivity contribution in [1.82, 2.24) is 9.47 Å². The number of fused-ring (bicyclic) bond motifs is 1. The van der Waals surface area contributed by atoms with E-state index in [-0.39, 0.29) is 17.9 Å². The Balaban J connectivity index is 1.94. The number of benzene rings is 1. The van der Waals surface area contributed by atoms with Crippen LogP contribution in [0.5, 0.6) is 0 Å². The summed E-state index contributed by atoms with van der Waals surface area (Å²) in [7, 11) is 0. The summed E-state index contributed by atoms with van der Waals surface area (Å²) in [6.07, 6.45) is 0.175. The van der Waals surface area contributed by atoms with Crippen LogP contribution in [0.4, 0.5) is 0 Å². The molecule has 0 saturated carbocycles. The first-order valence-corrected chi connectivity index (χ1v) is 7.07. The molecule has 1 saturated heterocycles. The number of nitrogens with zero attached hydrogens (tertiary/aromatic N) is 2. The van der Waals surface area contributed by atoms with Crippen LogP contribution in [0.1, 0.15) is 13.8 Å². The zero-order valence-electron chi connectivity index (χ0n) is 11.5. The smallest absolute Gasteiger partial charge is 0.408 e. The van der Waals surface area contributed by atoms with Crippen molar-refractivity contribution < 1.29 is 9.15 Å². The Kier molecular flexibility index (Phi) is 3.58. The highest BCUT2D eigenvalue weighted by Crippen LogP contribution is 2.20. The summed E-state index contributed by atoms with van der Waals surface area (Å²) in [5.41, 5.74) is 1.29. The minimum atomic E-state index is -0.353. The zero-order valence-corrected chi connectivity index (χ0v) is 12.3. The Hall–Kier alpha value is -1.30. The van der Waals surface area contributed by atoms with Crippen molar-refractivity contribution >= 4 is 22.7 Å². The molecule has 20 heavy (non-hydrogen) atoms. The summed E-state index contributed by atoms with van der Waals surface area (Å²) < 4.78 is 12.5. The molecule has 1 fully saturated rings. The average Bonchev–Trinajstić information content (AvgIpc) is 2.69. The Labute approximate surface area is 121 Å². The lowest BCUT2D eigenvalue weighted by Gasteiger charge is -2.36. The topological polar surface area (TPSA) is 47.6 Å². The maximum atomic E-state index is 12.0. The summed E-state index contributed by atoms with van der Waals surface area (Å²) in [6.45, 7) is 6.11. The standard InChI is InChI=1S/C14H17ClN2O3/c1-9-7-19-10(2)6-16(9)8-17-12-4-3-11(15)5-13(12)20-14(17)18/h3-5,9-10H,6-8H2,1-2H3. The van der Waals surface area contributed by atoms with E-state index in [1.807, 2.05) is 13.0 Å². The summed E-state index contributed by atoms with van der Waals surface area (Å²) in [4.78, 5) is 14.2. The average molecular weight is 297 g/mol. The first-order chi connectivity index (χ1) is 9.54. The maximum Gasteiger partial charge on any atom is 0.421 e. The van der Waals surface area contributed by atoms with Crippen LogP contribution in [0.15, 0.2) is 27.4 Å². The molecule has 1 aliphatic heterocycles. The largest absolute Gasteiger partial charge is 0.421 e.